The first kappa shape index (κ1) is 20.0. The Morgan fingerprint density at radius 1 is 1.32 bits per heavy atom. The number of carbonyl (C=O) groups excluding carboxylic acids is 3. The van der Waals surface area contributed by atoms with Crippen molar-refractivity contribution in [1.82, 2.24) is 0 Å². The summed E-state index contributed by atoms with van der Waals surface area (Å²) in [4.78, 5) is 37.8. The molecule has 1 N–H and O–H groups in total. The number of alkyl halides is 2. The topological polar surface area (TPSA) is 71.4 Å². The van der Waals surface area contributed by atoms with Crippen molar-refractivity contribution in [2.24, 2.45) is 28.6 Å². The molecule has 7 atom stereocenters. The van der Waals surface area contributed by atoms with Crippen molar-refractivity contribution in [2.75, 3.05) is 5.88 Å². The molecule has 0 saturated heterocycles. The number of carbonyl (C=O) groups is 3. The van der Waals surface area contributed by atoms with Gasteiger partial charge in [0.05, 0.1) is 5.88 Å². The van der Waals surface area contributed by atoms with Gasteiger partial charge in [0, 0.05) is 23.2 Å². The maximum absolute atomic E-state index is 16.8. The highest BCUT2D eigenvalue weighted by Gasteiger charge is 2.75. The molecule has 0 radical (unpaired) electrons. The summed E-state index contributed by atoms with van der Waals surface area (Å²) in [5.74, 6) is -2.92. The Hall–Kier alpha value is -1.33. The van der Waals surface area contributed by atoms with Crippen LogP contribution in [0.4, 0.5) is 4.39 Å². The predicted octanol–water partition coefficient (Wildman–Crippen LogP) is 3.35. The van der Waals surface area contributed by atoms with E-state index in [1.54, 1.807) is 26.8 Å². The lowest BCUT2D eigenvalue weighted by molar-refractivity contribution is -0.185. The Morgan fingerprint density at radius 3 is 2.64 bits per heavy atom. The average molecular weight is 409 g/mol. The van der Waals surface area contributed by atoms with E-state index >= 15 is 4.39 Å². The summed E-state index contributed by atoms with van der Waals surface area (Å²) in [7, 11) is 0. The van der Waals surface area contributed by atoms with Crippen LogP contribution in [0.2, 0.25) is 0 Å². The van der Waals surface area contributed by atoms with Gasteiger partial charge < -0.3 is 5.11 Å². The van der Waals surface area contributed by atoms with Crippen molar-refractivity contribution in [3.05, 3.63) is 23.8 Å². The van der Waals surface area contributed by atoms with Crippen molar-refractivity contribution < 1.29 is 23.9 Å². The number of fused-ring (bicyclic) bond motifs is 5. The van der Waals surface area contributed by atoms with Crippen molar-refractivity contribution >= 4 is 29.0 Å². The van der Waals surface area contributed by atoms with Crippen molar-refractivity contribution in [1.29, 1.82) is 0 Å². The molecule has 4 nitrogen and oxygen atoms in total. The van der Waals surface area contributed by atoms with E-state index in [0.29, 0.717) is 24.8 Å². The Balaban J connectivity index is 1.85. The molecule has 28 heavy (non-hydrogen) atoms. The minimum atomic E-state index is -2.15. The summed E-state index contributed by atoms with van der Waals surface area (Å²) >= 11 is 5.79. The van der Waals surface area contributed by atoms with Crippen LogP contribution < -0.4 is 0 Å². The van der Waals surface area contributed by atoms with Crippen LogP contribution in [0.3, 0.4) is 0 Å². The van der Waals surface area contributed by atoms with E-state index in [2.05, 4.69) is 0 Å². The number of rotatable bonds is 2. The fraction of sp³-hybridized carbons (Fsp3) is 0.682. The summed E-state index contributed by atoms with van der Waals surface area (Å²) in [6.45, 7) is 5.23. The number of hydrogen-bond acceptors (Lipinski definition) is 4. The lowest BCUT2D eigenvalue weighted by atomic mass is 9.45. The minimum absolute atomic E-state index is 0.181. The second kappa shape index (κ2) is 5.85. The molecule has 4 aliphatic carbocycles. The van der Waals surface area contributed by atoms with Crippen LogP contribution in [0.15, 0.2) is 23.8 Å². The van der Waals surface area contributed by atoms with Crippen molar-refractivity contribution in [2.45, 2.75) is 57.7 Å². The van der Waals surface area contributed by atoms with E-state index in [1.165, 1.54) is 12.2 Å². The molecule has 4 aliphatic rings. The van der Waals surface area contributed by atoms with Crippen LogP contribution >= 0.6 is 11.6 Å². The SMILES string of the molecule is CC1C[C@H]2[C@@H]3CCC4=CC(=O)C=C[C@]4(C)C3(F)C(=O)C[C@]2(C)[C@@]1(O)C(=O)CCl. The standard InChI is InChI=1S/C22H26ClFO4/c1-12-8-16-15-5-4-13-9-14(25)6-7-19(13,2)21(15,24)17(26)10-20(16,3)22(12,28)18(27)11-23/h6-7,9,12,15-16,28H,4-5,8,10-11H2,1-3H3/t12?,15-,16-,19-,20-,21?,22-/m0/s1. The molecule has 0 aromatic carbocycles. The van der Waals surface area contributed by atoms with Gasteiger partial charge in [-0.1, -0.05) is 25.5 Å². The van der Waals surface area contributed by atoms with Crippen LogP contribution in [0, 0.1) is 28.6 Å². The number of halogens is 2. The Morgan fingerprint density at radius 2 is 2.00 bits per heavy atom. The van der Waals surface area contributed by atoms with Gasteiger partial charge in [-0.05, 0) is 50.2 Å². The van der Waals surface area contributed by atoms with Gasteiger partial charge in [-0.15, -0.1) is 11.6 Å². The largest absolute Gasteiger partial charge is 0.381 e. The summed E-state index contributed by atoms with van der Waals surface area (Å²) in [5, 5.41) is 11.4. The third-order valence-electron chi connectivity index (χ3n) is 8.53. The highest BCUT2D eigenvalue weighted by atomic mass is 35.5. The first-order valence-corrected chi connectivity index (χ1v) is 10.5. The zero-order valence-electron chi connectivity index (χ0n) is 16.4. The minimum Gasteiger partial charge on any atom is -0.381 e. The van der Waals surface area contributed by atoms with E-state index in [4.69, 9.17) is 11.6 Å². The zero-order valence-corrected chi connectivity index (χ0v) is 17.2. The van der Waals surface area contributed by atoms with E-state index in [1.807, 2.05) is 0 Å². The molecule has 6 heteroatoms. The fourth-order valence-electron chi connectivity index (χ4n) is 6.97. The highest BCUT2D eigenvalue weighted by Crippen LogP contribution is 2.69. The third-order valence-corrected chi connectivity index (χ3v) is 8.77. The molecule has 0 spiro atoms. The number of hydrogen-bond donors (Lipinski definition) is 1. The molecule has 152 valence electrons. The molecule has 0 aromatic heterocycles. The molecular formula is C22H26ClFO4. The molecule has 2 unspecified atom stereocenters. The molecular weight excluding hydrogens is 383 g/mol. The molecule has 4 rings (SSSR count). The summed E-state index contributed by atoms with van der Waals surface area (Å²) in [6, 6.07) is 0. The van der Waals surface area contributed by atoms with Gasteiger partial charge in [-0.25, -0.2) is 4.39 Å². The Bertz CT molecular complexity index is 849. The summed E-state index contributed by atoms with van der Waals surface area (Å²) < 4.78 is 16.8. The molecule has 3 saturated carbocycles. The summed E-state index contributed by atoms with van der Waals surface area (Å²) in [5.41, 5.74) is -5.42. The number of ketones is 3. The molecule has 0 aromatic rings. The lowest BCUT2D eigenvalue weighted by Crippen LogP contribution is -2.68. The maximum atomic E-state index is 16.8. The van der Waals surface area contributed by atoms with E-state index < -0.39 is 45.5 Å². The van der Waals surface area contributed by atoms with E-state index in [0.717, 1.165) is 0 Å². The van der Waals surface area contributed by atoms with Crippen molar-refractivity contribution in [3.63, 3.8) is 0 Å². The Labute approximate surface area is 169 Å². The van der Waals surface area contributed by atoms with Gasteiger partial charge >= 0.3 is 0 Å². The van der Waals surface area contributed by atoms with Crippen LogP contribution in [-0.4, -0.2) is 39.6 Å². The maximum Gasteiger partial charge on any atom is 0.184 e. The number of allylic oxidation sites excluding steroid dienone is 4. The van der Waals surface area contributed by atoms with Crippen LogP contribution in [0.1, 0.15) is 46.5 Å². The van der Waals surface area contributed by atoms with Gasteiger partial charge in [-0.3, -0.25) is 14.4 Å². The van der Waals surface area contributed by atoms with Gasteiger partial charge in [0.1, 0.15) is 5.60 Å². The van der Waals surface area contributed by atoms with E-state index in [-0.39, 0.29) is 24.0 Å². The molecule has 3 fully saturated rings. The number of Topliss-reactive ketones (excluding diaryl/α,β-unsaturated/α-hetero) is 2. The number of aliphatic hydroxyl groups is 1. The predicted molar refractivity (Wildman–Crippen MR) is 103 cm³/mol. The van der Waals surface area contributed by atoms with Crippen molar-refractivity contribution in [3.8, 4) is 0 Å². The second-order valence-electron chi connectivity index (χ2n) is 9.55. The highest BCUT2D eigenvalue weighted by molar-refractivity contribution is 6.29. The quantitative estimate of drug-likeness (QED) is 0.711. The van der Waals surface area contributed by atoms with Gasteiger partial charge in [0.15, 0.2) is 23.0 Å². The first-order valence-electron chi connectivity index (χ1n) is 9.95. The monoisotopic (exact) mass is 408 g/mol. The van der Waals surface area contributed by atoms with E-state index in [9.17, 15) is 19.5 Å². The average Bonchev–Trinajstić information content (AvgIpc) is 2.84. The fourth-order valence-corrected chi connectivity index (χ4v) is 7.17. The van der Waals surface area contributed by atoms with Gasteiger partial charge in [-0.2, -0.15) is 0 Å². The molecule has 0 heterocycles. The Kier molecular flexibility index (Phi) is 4.17. The van der Waals surface area contributed by atoms with Gasteiger partial charge in [0.2, 0.25) is 0 Å². The van der Waals surface area contributed by atoms with Crippen LogP contribution in [0.5, 0.6) is 0 Å². The lowest BCUT2D eigenvalue weighted by Gasteiger charge is -2.59. The zero-order chi connectivity index (χ0) is 20.7. The van der Waals surface area contributed by atoms with Crippen LogP contribution in [-0.2, 0) is 14.4 Å². The smallest absolute Gasteiger partial charge is 0.184 e. The van der Waals surface area contributed by atoms with Crippen LogP contribution in [0.25, 0.3) is 0 Å². The summed E-state index contributed by atoms with van der Waals surface area (Å²) in [6.07, 6.45) is 5.56. The van der Waals surface area contributed by atoms with Gasteiger partial charge in [0.25, 0.3) is 0 Å². The molecule has 0 aliphatic heterocycles. The third kappa shape index (κ3) is 2.02. The molecule has 0 amide bonds. The first-order chi connectivity index (χ1) is 13.0. The normalized spacial score (nSPS) is 49.9. The molecule has 0 bridgehead atoms. The second-order valence-corrected chi connectivity index (χ2v) is 9.82.